The lowest BCUT2D eigenvalue weighted by Gasteiger charge is -2.47. The van der Waals surface area contributed by atoms with Crippen LogP contribution in [0.4, 0.5) is 0 Å². The SMILES string of the molecule is CC(C)C1(C(C)O)COC1. The summed E-state index contributed by atoms with van der Waals surface area (Å²) in [7, 11) is 0. The van der Waals surface area contributed by atoms with Crippen molar-refractivity contribution in [1.82, 2.24) is 0 Å². The first-order valence-electron chi connectivity index (χ1n) is 3.85. The Hall–Kier alpha value is -0.0800. The van der Waals surface area contributed by atoms with Crippen LogP contribution in [0, 0.1) is 11.3 Å². The molecule has 10 heavy (non-hydrogen) atoms. The molecule has 0 aliphatic carbocycles. The van der Waals surface area contributed by atoms with Crippen molar-refractivity contribution < 1.29 is 9.84 Å². The first-order chi connectivity index (χ1) is 4.59. The van der Waals surface area contributed by atoms with E-state index in [4.69, 9.17) is 4.74 Å². The van der Waals surface area contributed by atoms with Gasteiger partial charge < -0.3 is 9.84 Å². The van der Waals surface area contributed by atoms with E-state index in [0.717, 1.165) is 13.2 Å². The van der Waals surface area contributed by atoms with E-state index in [9.17, 15) is 5.11 Å². The summed E-state index contributed by atoms with van der Waals surface area (Å²) in [5.74, 6) is 0.515. The van der Waals surface area contributed by atoms with E-state index in [1.807, 2.05) is 6.92 Å². The third kappa shape index (κ3) is 0.956. The lowest BCUT2D eigenvalue weighted by Crippen LogP contribution is -2.53. The summed E-state index contributed by atoms with van der Waals surface area (Å²) in [5.41, 5.74) is 0.0556. The highest BCUT2D eigenvalue weighted by atomic mass is 16.5. The normalized spacial score (nSPS) is 26.1. The molecular weight excluding hydrogens is 128 g/mol. The molecule has 1 fully saturated rings. The van der Waals surface area contributed by atoms with E-state index in [1.165, 1.54) is 0 Å². The fourth-order valence-corrected chi connectivity index (χ4v) is 1.39. The molecule has 0 radical (unpaired) electrons. The fraction of sp³-hybridized carbons (Fsp3) is 1.00. The third-order valence-corrected chi connectivity index (χ3v) is 2.72. The average Bonchev–Trinajstić information content (AvgIpc) is 1.57. The standard InChI is InChI=1S/C8H16O2/c1-6(2)8(7(3)9)4-10-5-8/h6-7,9H,4-5H2,1-3H3. The maximum absolute atomic E-state index is 9.41. The van der Waals surface area contributed by atoms with E-state index < -0.39 is 0 Å². The molecule has 1 atom stereocenters. The molecule has 2 heteroatoms. The van der Waals surface area contributed by atoms with Crippen LogP contribution in [0.25, 0.3) is 0 Å². The van der Waals surface area contributed by atoms with Gasteiger partial charge in [0.1, 0.15) is 0 Å². The van der Waals surface area contributed by atoms with E-state index in [1.54, 1.807) is 0 Å². The smallest absolute Gasteiger partial charge is 0.0615 e. The monoisotopic (exact) mass is 144 g/mol. The molecule has 0 spiro atoms. The van der Waals surface area contributed by atoms with Crippen LogP contribution in [0.3, 0.4) is 0 Å². The molecule has 1 saturated heterocycles. The van der Waals surface area contributed by atoms with Gasteiger partial charge in [-0.1, -0.05) is 13.8 Å². The minimum Gasteiger partial charge on any atom is -0.393 e. The van der Waals surface area contributed by atoms with Gasteiger partial charge in [0, 0.05) is 5.41 Å². The first-order valence-corrected chi connectivity index (χ1v) is 3.85. The molecule has 60 valence electrons. The Morgan fingerprint density at radius 1 is 1.30 bits per heavy atom. The van der Waals surface area contributed by atoms with Crippen LogP contribution in [0.2, 0.25) is 0 Å². The van der Waals surface area contributed by atoms with Crippen LogP contribution in [0.1, 0.15) is 20.8 Å². The van der Waals surface area contributed by atoms with Crippen molar-refractivity contribution in [2.24, 2.45) is 11.3 Å². The van der Waals surface area contributed by atoms with Crippen molar-refractivity contribution in [2.45, 2.75) is 26.9 Å². The first kappa shape index (κ1) is 8.02. The average molecular weight is 144 g/mol. The summed E-state index contributed by atoms with van der Waals surface area (Å²) in [6.07, 6.45) is -0.235. The van der Waals surface area contributed by atoms with Crippen molar-refractivity contribution in [3.63, 3.8) is 0 Å². The van der Waals surface area contributed by atoms with Gasteiger partial charge in [0.15, 0.2) is 0 Å². The third-order valence-electron chi connectivity index (χ3n) is 2.72. The van der Waals surface area contributed by atoms with E-state index in [2.05, 4.69) is 13.8 Å². The molecule has 0 saturated carbocycles. The predicted molar refractivity (Wildman–Crippen MR) is 39.8 cm³/mol. The highest BCUT2D eigenvalue weighted by Gasteiger charge is 2.45. The summed E-state index contributed by atoms with van der Waals surface area (Å²) in [5, 5.41) is 9.41. The quantitative estimate of drug-likeness (QED) is 0.627. The van der Waals surface area contributed by atoms with Gasteiger partial charge in [-0.3, -0.25) is 0 Å². The van der Waals surface area contributed by atoms with Gasteiger partial charge in [-0.25, -0.2) is 0 Å². The summed E-state index contributed by atoms with van der Waals surface area (Å²) < 4.78 is 5.10. The lowest BCUT2D eigenvalue weighted by atomic mass is 9.71. The summed E-state index contributed by atoms with van der Waals surface area (Å²) in [4.78, 5) is 0. The summed E-state index contributed by atoms with van der Waals surface area (Å²) in [6, 6.07) is 0. The molecule has 1 unspecified atom stereocenters. The van der Waals surface area contributed by atoms with Gasteiger partial charge in [0.05, 0.1) is 19.3 Å². The van der Waals surface area contributed by atoms with Gasteiger partial charge >= 0.3 is 0 Å². The van der Waals surface area contributed by atoms with Crippen molar-refractivity contribution in [3.05, 3.63) is 0 Å². The zero-order chi connectivity index (χ0) is 7.78. The number of rotatable bonds is 2. The minimum atomic E-state index is -0.235. The molecule has 0 bridgehead atoms. The Morgan fingerprint density at radius 3 is 1.80 bits per heavy atom. The predicted octanol–water partition coefficient (Wildman–Crippen LogP) is 1.04. The van der Waals surface area contributed by atoms with Crippen molar-refractivity contribution in [3.8, 4) is 0 Å². The van der Waals surface area contributed by atoms with Gasteiger partial charge in [-0.15, -0.1) is 0 Å². The van der Waals surface area contributed by atoms with Crippen LogP contribution in [-0.2, 0) is 4.74 Å². The van der Waals surface area contributed by atoms with Crippen LogP contribution in [0.15, 0.2) is 0 Å². The molecule has 0 amide bonds. The van der Waals surface area contributed by atoms with E-state index in [-0.39, 0.29) is 11.5 Å². The zero-order valence-electron chi connectivity index (χ0n) is 6.92. The second-order valence-corrected chi connectivity index (χ2v) is 3.56. The molecular formula is C8H16O2. The molecule has 0 aromatic rings. The van der Waals surface area contributed by atoms with E-state index in [0.29, 0.717) is 5.92 Å². The number of ether oxygens (including phenoxy) is 1. The second-order valence-electron chi connectivity index (χ2n) is 3.56. The largest absolute Gasteiger partial charge is 0.393 e. The van der Waals surface area contributed by atoms with Crippen molar-refractivity contribution in [2.75, 3.05) is 13.2 Å². The minimum absolute atomic E-state index is 0.0556. The lowest BCUT2D eigenvalue weighted by molar-refractivity contribution is -0.189. The number of aliphatic hydroxyl groups excluding tert-OH is 1. The van der Waals surface area contributed by atoms with Crippen LogP contribution >= 0.6 is 0 Å². The van der Waals surface area contributed by atoms with Crippen LogP contribution in [-0.4, -0.2) is 24.4 Å². The molecule has 2 nitrogen and oxygen atoms in total. The number of hydrogen-bond donors (Lipinski definition) is 1. The maximum Gasteiger partial charge on any atom is 0.0615 e. The molecule has 1 aliphatic rings. The Kier molecular flexibility index (Phi) is 2.02. The van der Waals surface area contributed by atoms with E-state index >= 15 is 0 Å². The molecule has 0 aromatic carbocycles. The van der Waals surface area contributed by atoms with Crippen molar-refractivity contribution in [1.29, 1.82) is 0 Å². The number of hydrogen-bond acceptors (Lipinski definition) is 2. The zero-order valence-corrected chi connectivity index (χ0v) is 6.92. The van der Waals surface area contributed by atoms with Crippen LogP contribution in [0.5, 0.6) is 0 Å². The highest BCUT2D eigenvalue weighted by Crippen LogP contribution is 2.38. The van der Waals surface area contributed by atoms with Crippen LogP contribution < -0.4 is 0 Å². The Labute approximate surface area is 62.2 Å². The molecule has 1 N–H and O–H groups in total. The topological polar surface area (TPSA) is 29.5 Å². The molecule has 1 rings (SSSR count). The van der Waals surface area contributed by atoms with Gasteiger partial charge in [0.25, 0.3) is 0 Å². The van der Waals surface area contributed by atoms with Gasteiger partial charge in [0.2, 0.25) is 0 Å². The Morgan fingerprint density at radius 2 is 1.80 bits per heavy atom. The number of aliphatic hydroxyl groups is 1. The Bertz CT molecular complexity index is 104. The summed E-state index contributed by atoms with van der Waals surface area (Å²) in [6.45, 7) is 7.57. The highest BCUT2D eigenvalue weighted by molar-refractivity contribution is 4.92. The molecule has 0 aromatic heterocycles. The fourth-order valence-electron chi connectivity index (χ4n) is 1.39. The van der Waals surface area contributed by atoms with Gasteiger partial charge in [-0.05, 0) is 12.8 Å². The maximum atomic E-state index is 9.41. The second kappa shape index (κ2) is 2.51. The van der Waals surface area contributed by atoms with Gasteiger partial charge in [-0.2, -0.15) is 0 Å². The summed E-state index contributed by atoms with van der Waals surface area (Å²) >= 11 is 0. The Balaban J connectivity index is 2.59. The molecule has 1 aliphatic heterocycles. The molecule has 1 heterocycles. The van der Waals surface area contributed by atoms with Crippen molar-refractivity contribution >= 4 is 0 Å².